The summed E-state index contributed by atoms with van der Waals surface area (Å²) in [6, 6.07) is 18.0. The molecule has 4 nitrogen and oxygen atoms in total. The lowest BCUT2D eigenvalue weighted by molar-refractivity contribution is 0.415. The van der Waals surface area contributed by atoms with E-state index in [9.17, 15) is 0 Å². The van der Waals surface area contributed by atoms with Crippen LogP contribution >= 0.6 is 11.3 Å². The molecule has 0 aliphatic carbocycles. The van der Waals surface area contributed by atoms with Gasteiger partial charge >= 0.3 is 0 Å². The average molecular weight is 307 g/mol. The first kappa shape index (κ1) is 13.0. The summed E-state index contributed by atoms with van der Waals surface area (Å²) in [6.07, 6.45) is 1.95. The molecule has 0 atom stereocenters. The van der Waals surface area contributed by atoms with Gasteiger partial charge in [-0.25, -0.2) is 9.50 Å². The van der Waals surface area contributed by atoms with Crippen molar-refractivity contribution in [1.82, 2.24) is 14.6 Å². The molecule has 2 aromatic heterocycles. The zero-order valence-electron chi connectivity index (χ0n) is 11.9. The summed E-state index contributed by atoms with van der Waals surface area (Å²) in [5.41, 5.74) is 3.04. The summed E-state index contributed by atoms with van der Waals surface area (Å²) < 4.78 is 7.10. The summed E-state index contributed by atoms with van der Waals surface area (Å²) in [5.74, 6) is 0.826. The lowest BCUT2D eigenvalue weighted by Crippen LogP contribution is -1.84. The largest absolute Gasteiger partial charge is 0.497 e. The Labute approximate surface area is 131 Å². The van der Waals surface area contributed by atoms with E-state index in [0.717, 1.165) is 32.5 Å². The van der Waals surface area contributed by atoms with Gasteiger partial charge in [-0.1, -0.05) is 53.8 Å². The molecule has 0 fully saturated rings. The van der Waals surface area contributed by atoms with E-state index in [4.69, 9.17) is 4.74 Å². The third-order valence-electron chi connectivity index (χ3n) is 3.43. The molecule has 2 heterocycles. The number of hydrogen-bond acceptors (Lipinski definition) is 4. The van der Waals surface area contributed by atoms with Crippen molar-refractivity contribution in [3.8, 4) is 27.6 Å². The minimum absolute atomic E-state index is 0.826. The highest BCUT2D eigenvalue weighted by atomic mass is 32.1. The zero-order chi connectivity index (χ0) is 14.9. The van der Waals surface area contributed by atoms with Crippen LogP contribution in [-0.2, 0) is 0 Å². The smallest absolute Gasteiger partial charge is 0.213 e. The van der Waals surface area contributed by atoms with Gasteiger partial charge in [0.05, 0.1) is 19.0 Å². The van der Waals surface area contributed by atoms with Crippen molar-refractivity contribution in [1.29, 1.82) is 0 Å². The maximum Gasteiger partial charge on any atom is 0.213 e. The van der Waals surface area contributed by atoms with Crippen LogP contribution in [0.3, 0.4) is 0 Å². The van der Waals surface area contributed by atoms with Crippen LogP contribution in [0.5, 0.6) is 5.75 Å². The molecule has 0 saturated heterocycles. The van der Waals surface area contributed by atoms with Crippen molar-refractivity contribution in [2.75, 3.05) is 7.11 Å². The molecule has 0 saturated carbocycles. The Morgan fingerprint density at radius 2 is 1.82 bits per heavy atom. The van der Waals surface area contributed by atoms with Crippen molar-refractivity contribution >= 4 is 16.3 Å². The molecular weight excluding hydrogens is 294 g/mol. The van der Waals surface area contributed by atoms with Gasteiger partial charge in [0.25, 0.3) is 0 Å². The first-order chi connectivity index (χ1) is 10.8. The van der Waals surface area contributed by atoms with Crippen molar-refractivity contribution in [2.45, 2.75) is 0 Å². The van der Waals surface area contributed by atoms with Gasteiger partial charge in [0.1, 0.15) is 10.8 Å². The molecule has 5 heteroatoms. The van der Waals surface area contributed by atoms with E-state index < -0.39 is 0 Å². The van der Waals surface area contributed by atoms with Gasteiger partial charge in [-0.15, -0.1) is 0 Å². The normalized spacial score (nSPS) is 11.0. The Hall–Kier alpha value is -2.66. The second-order valence-electron chi connectivity index (χ2n) is 4.86. The summed E-state index contributed by atoms with van der Waals surface area (Å²) in [6.45, 7) is 0. The molecule has 0 N–H and O–H groups in total. The van der Waals surface area contributed by atoms with Gasteiger partial charge < -0.3 is 4.74 Å². The number of ether oxygens (including phenoxy) is 1. The lowest BCUT2D eigenvalue weighted by atomic mass is 10.1. The van der Waals surface area contributed by atoms with Crippen molar-refractivity contribution in [3.63, 3.8) is 0 Å². The summed E-state index contributed by atoms with van der Waals surface area (Å²) in [7, 11) is 1.67. The molecule has 4 aromatic rings. The Balaban J connectivity index is 1.75. The van der Waals surface area contributed by atoms with Crippen LogP contribution in [-0.4, -0.2) is 21.7 Å². The van der Waals surface area contributed by atoms with Crippen LogP contribution < -0.4 is 4.74 Å². The number of imidazole rings is 1. The Kier molecular flexibility index (Phi) is 3.12. The Bertz CT molecular complexity index is 896. The quantitative estimate of drug-likeness (QED) is 0.571. The molecule has 0 spiro atoms. The van der Waals surface area contributed by atoms with E-state index in [2.05, 4.69) is 22.2 Å². The fourth-order valence-corrected chi connectivity index (χ4v) is 3.21. The summed E-state index contributed by atoms with van der Waals surface area (Å²) in [4.78, 5) is 5.55. The Morgan fingerprint density at radius 1 is 1.00 bits per heavy atom. The van der Waals surface area contributed by atoms with E-state index >= 15 is 0 Å². The molecule has 0 amide bonds. The van der Waals surface area contributed by atoms with E-state index in [1.807, 2.05) is 53.2 Å². The topological polar surface area (TPSA) is 39.4 Å². The third-order valence-corrected chi connectivity index (χ3v) is 4.40. The number of hydrogen-bond donors (Lipinski definition) is 0. The van der Waals surface area contributed by atoms with Crippen molar-refractivity contribution in [3.05, 3.63) is 60.8 Å². The molecule has 0 bridgehead atoms. The SMILES string of the molecule is COc1cccc(-c2cn3nc(-c4ccccc4)sc3n2)c1. The Morgan fingerprint density at radius 3 is 2.59 bits per heavy atom. The predicted octanol–water partition coefficient (Wildman–Crippen LogP) is 4.13. The predicted molar refractivity (Wildman–Crippen MR) is 88.3 cm³/mol. The van der Waals surface area contributed by atoms with Crippen LogP contribution in [0, 0.1) is 0 Å². The standard InChI is InChI=1S/C17H13N3OS/c1-21-14-9-5-8-13(10-14)15-11-20-17(18-15)22-16(19-20)12-6-3-2-4-7-12/h2-11H,1H3. The van der Waals surface area contributed by atoms with Crippen LogP contribution in [0.25, 0.3) is 26.8 Å². The van der Waals surface area contributed by atoms with Crippen LogP contribution in [0.1, 0.15) is 0 Å². The highest BCUT2D eigenvalue weighted by Gasteiger charge is 2.11. The number of fused-ring (bicyclic) bond motifs is 1. The van der Waals surface area contributed by atoms with Crippen LogP contribution in [0.15, 0.2) is 60.8 Å². The maximum absolute atomic E-state index is 5.26. The average Bonchev–Trinajstić information content (AvgIpc) is 3.14. The maximum atomic E-state index is 5.26. The fourth-order valence-electron chi connectivity index (χ4n) is 2.32. The number of nitrogens with zero attached hydrogens (tertiary/aromatic N) is 3. The van der Waals surface area contributed by atoms with E-state index in [1.165, 1.54) is 0 Å². The molecular formula is C17H13N3OS. The highest BCUT2D eigenvalue weighted by Crippen LogP contribution is 2.28. The van der Waals surface area contributed by atoms with E-state index in [0.29, 0.717) is 0 Å². The molecule has 0 radical (unpaired) electrons. The van der Waals surface area contributed by atoms with Crippen LogP contribution in [0.4, 0.5) is 0 Å². The van der Waals surface area contributed by atoms with Gasteiger partial charge in [0.15, 0.2) is 0 Å². The van der Waals surface area contributed by atoms with E-state index in [1.54, 1.807) is 18.4 Å². The van der Waals surface area contributed by atoms with Gasteiger partial charge in [0.2, 0.25) is 4.96 Å². The fraction of sp³-hybridized carbons (Fsp3) is 0.0588. The molecule has 0 aliphatic heterocycles. The highest BCUT2D eigenvalue weighted by molar-refractivity contribution is 7.19. The number of benzene rings is 2. The van der Waals surface area contributed by atoms with E-state index in [-0.39, 0.29) is 0 Å². The van der Waals surface area contributed by atoms with Gasteiger partial charge in [-0.3, -0.25) is 0 Å². The second kappa shape index (κ2) is 5.27. The minimum atomic E-state index is 0.826. The van der Waals surface area contributed by atoms with Crippen molar-refractivity contribution in [2.24, 2.45) is 0 Å². The molecule has 0 aliphatic rings. The van der Waals surface area contributed by atoms with Crippen LogP contribution in [0.2, 0.25) is 0 Å². The molecule has 108 valence electrons. The number of methoxy groups -OCH3 is 1. The summed E-state index contributed by atoms with van der Waals surface area (Å²) in [5, 5.41) is 5.59. The van der Waals surface area contributed by atoms with Gasteiger partial charge in [0, 0.05) is 11.1 Å². The molecule has 22 heavy (non-hydrogen) atoms. The zero-order valence-corrected chi connectivity index (χ0v) is 12.7. The first-order valence-corrected chi connectivity index (χ1v) is 7.71. The molecule has 4 rings (SSSR count). The monoisotopic (exact) mass is 307 g/mol. The molecule has 0 unspecified atom stereocenters. The van der Waals surface area contributed by atoms with Crippen molar-refractivity contribution < 1.29 is 4.74 Å². The third kappa shape index (κ3) is 2.25. The second-order valence-corrected chi connectivity index (χ2v) is 5.81. The lowest BCUT2D eigenvalue weighted by Gasteiger charge is -2.01. The number of aromatic nitrogens is 3. The van der Waals surface area contributed by atoms with Gasteiger partial charge in [-0.05, 0) is 12.1 Å². The summed E-state index contributed by atoms with van der Waals surface area (Å²) >= 11 is 1.59. The first-order valence-electron chi connectivity index (χ1n) is 6.89. The molecule has 2 aromatic carbocycles. The van der Waals surface area contributed by atoms with Gasteiger partial charge in [-0.2, -0.15) is 5.10 Å². The minimum Gasteiger partial charge on any atom is -0.497 e. The number of rotatable bonds is 3.